The van der Waals surface area contributed by atoms with Crippen molar-refractivity contribution in [2.45, 2.75) is 20.0 Å². The average molecular weight is 307 g/mol. The van der Waals surface area contributed by atoms with Crippen LogP contribution in [0.5, 0.6) is 0 Å². The average Bonchev–Trinajstić information content (AvgIpc) is 2.98. The van der Waals surface area contributed by atoms with Crippen LogP contribution in [0.2, 0.25) is 0 Å². The molecular formula is C19H17NO3. The zero-order valence-electron chi connectivity index (χ0n) is 13.0. The maximum atomic E-state index is 12.5. The van der Waals surface area contributed by atoms with E-state index in [1.807, 2.05) is 13.0 Å². The third-order valence-electron chi connectivity index (χ3n) is 3.94. The Bertz CT molecular complexity index is 889. The molecular weight excluding hydrogens is 290 g/mol. The van der Waals surface area contributed by atoms with Gasteiger partial charge in [-0.15, -0.1) is 0 Å². The summed E-state index contributed by atoms with van der Waals surface area (Å²) < 4.78 is 1.34. The first kappa shape index (κ1) is 15.2. The van der Waals surface area contributed by atoms with E-state index in [9.17, 15) is 14.7 Å². The summed E-state index contributed by atoms with van der Waals surface area (Å²) in [6.45, 7) is 3.60. The minimum atomic E-state index is -0.641. The molecule has 0 aliphatic rings. The van der Waals surface area contributed by atoms with E-state index in [-0.39, 0.29) is 0 Å². The number of benzene rings is 2. The second-order valence-corrected chi connectivity index (χ2v) is 5.64. The highest BCUT2D eigenvalue weighted by atomic mass is 16.3. The van der Waals surface area contributed by atoms with Gasteiger partial charge in [-0.2, -0.15) is 0 Å². The summed E-state index contributed by atoms with van der Waals surface area (Å²) in [4.78, 5) is 24.9. The summed E-state index contributed by atoms with van der Waals surface area (Å²) >= 11 is 0. The lowest BCUT2D eigenvalue weighted by Gasteiger charge is -2.08. The number of Topliss-reactive ketones (excluding diaryl/α,β-unsaturated/α-hetero) is 1. The van der Waals surface area contributed by atoms with Gasteiger partial charge in [0, 0.05) is 17.1 Å². The highest BCUT2D eigenvalue weighted by molar-refractivity contribution is 6.44. The fraction of sp³-hybridized carbons (Fsp3) is 0.158. The smallest absolute Gasteiger partial charge is 0.303 e. The molecule has 3 aromatic rings. The lowest BCUT2D eigenvalue weighted by Crippen LogP contribution is -2.21. The third kappa shape index (κ3) is 2.69. The van der Waals surface area contributed by atoms with Gasteiger partial charge in [-0.3, -0.25) is 14.2 Å². The topological polar surface area (TPSA) is 59.3 Å². The van der Waals surface area contributed by atoms with Crippen LogP contribution in [0.15, 0.2) is 54.7 Å². The van der Waals surface area contributed by atoms with Gasteiger partial charge in [-0.1, -0.05) is 42.0 Å². The first-order chi connectivity index (χ1) is 11.0. The molecule has 0 saturated carbocycles. The number of aryl methyl sites for hydroxylation is 1. The number of aliphatic hydroxyl groups is 1. The maximum Gasteiger partial charge on any atom is 0.303 e. The largest absolute Gasteiger partial charge is 0.389 e. The van der Waals surface area contributed by atoms with Crippen molar-refractivity contribution in [2.75, 3.05) is 0 Å². The summed E-state index contributed by atoms with van der Waals surface area (Å²) in [5, 5.41) is 10.6. The molecule has 4 nitrogen and oxygen atoms in total. The Balaban J connectivity index is 2.03. The quantitative estimate of drug-likeness (QED) is 0.595. The molecule has 0 bridgehead atoms. The molecule has 4 heteroatoms. The molecule has 0 saturated heterocycles. The van der Waals surface area contributed by atoms with Crippen molar-refractivity contribution in [3.05, 3.63) is 71.4 Å². The van der Waals surface area contributed by atoms with Crippen LogP contribution in [0.1, 0.15) is 39.3 Å². The molecule has 1 atom stereocenters. The van der Waals surface area contributed by atoms with Crippen molar-refractivity contribution < 1.29 is 14.7 Å². The van der Waals surface area contributed by atoms with Gasteiger partial charge < -0.3 is 5.11 Å². The number of carbonyl (C=O) groups is 2. The van der Waals surface area contributed by atoms with E-state index in [2.05, 4.69) is 0 Å². The zero-order valence-corrected chi connectivity index (χ0v) is 13.0. The fourth-order valence-corrected chi connectivity index (χ4v) is 2.67. The minimum Gasteiger partial charge on any atom is -0.389 e. The summed E-state index contributed by atoms with van der Waals surface area (Å²) in [7, 11) is 0. The van der Waals surface area contributed by atoms with E-state index >= 15 is 0 Å². The van der Waals surface area contributed by atoms with Crippen molar-refractivity contribution in [2.24, 2.45) is 0 Å². The molecule has 2 aromatic carbocycles. The second kappa shape index (κ2) is 5.82. The van der Waals surface area contributed by atoms with Crippen molar-refractivity contribution >= 4 is 22.6 Å². The molecule has 0 spiro atoms. The van der Waals surface area contributed by atoms with Gasteiger partial charge in [0.1, 0.15) is 0 Å². The van der Waals surface area contributed by atoms with Crippen LogP contribution < -0.4 is 0 Å². The molecule has 0 aliphatic carbocycles. The molecule has 0 amide bonds. The number of aromatic nitrogens is 1. The molecule has 1 aromatic heterocycles. The molecule has 1 heterocycles. The van der Waals surface area contributed by atoms with Crippen LogP contribution in [-0.2, 0) is 0 Å². The Morgan fingerprint density at radius 3 is 2.39 bits per heavy atom. The van der Waals surface area contributed by atoms with Gasteiger partial charge in [0.05, 0.1) is 11.6 Å². The van der Waals surface area contributed by atoms with Crippen LogP contribution >= 0.6 is 0 Å². The zero-order chi connectivity index (χ0) is 16.6. The predicted molar refractivity (Wildman–Crippen MR) is 88.7 cm³/mol. The van der Waals surface area contributed by atoms with E-state index in [1.54, 1.807) is 55.6 Å². The van der Waals surface area contributed by atoms with Crippen LogP contribution in [0.25, 0.3) is 10.9 Å². The molecule has 3 rings (SSSR count). The first-order valence-electron chi connectivity index (χ1n) is 7.43. The fourth-order valence-electron chi connectivity index (χ4n) is 2.67. The number of carbonyl (C=O) groups excluding carboxylic acids is 2. The lowest BCUT2D eigenvalue weighted by molar-refractivity contribution is 0.0768. The van der Waals surface area contributed by atoms with Gasteiger partial charge in [-0.05, 0) is 31.5 Å². The number of rotatable bonds is 3. The molecule has 1 unspecified atom stereocenters. The highest BCUT2D eigenvalue weighted by Gasteiger charge is 2.20. The predicted octanol–water partition coefficient (Wildman–Crippen LogP) is 3.53. The monoisotopic (exact) mass is 307 g/mol. The maximum absolute atomic E-state index is 12.5. The van der Waals surface area contributed by atoms with Crippen molar-refractivity contribution in [3.63, 3.8) is 0 Å². The Labute approximate surface area is 134 Å². The third-order valence-corrected chi connectivity index (χ3v) is 3.94. The van der Waals surface area contributed by atoms with E-state index in [1.165, 1.54) is 4.57 Å². The van der Waals surface area contributed by atoms with E-state index in [4.69, 9.17) is 0 Å². The lowest BCUT2D eigenvalue weighted by atomic mass is 10.1. The molecule has 116 valence electrons. The summed E-state index contributed by atoms with van der Waals surface area (Å²) in [5.41, 5.74) is 2.75. The number of hydrogen-bond donors (Lipinski definition) is 1. The molecule has 23 heavy (non-hydrogen) atoms. The summed E-state index contributed by atoms with van der Waals surface area (Å²) in [6, 6.07) is 14.0. The van der Waals surface area contributed by atoms with Gasteiger partial charge in [-0.25, -0.2) is 0 Å². The highest BCUT2D eigenvalue weighted by Crippen LogP contribution is 2.25. The number of fused-ring (bicyclic) bond motifs is 1. The summed E-state index contributed by atoms with van der Waals surface area (Å²) in [6.07, 6.45) is 0.933. The van der Waals surface area contributed by atoms with E-state index in [0.29, 0.717) is 11.1 Å². The Hall–Kier alpha value is -2.72. The van der Waals surface area contributed by atoms with Crippen molar-refractivity contribution in [3.8, 4) is 0 Å². The van der Waals surface area contributed by atoms with Crippen molar-refractivity contribution in [1.29, 1.82) is 0 Å². The molecule has 0 fully saturated rings. The second-order valence-electron chi connectivity index (χ2n) is 5.64. The number of ketones is 1. The number of nitrogens with zero attached hydrogens (tertiary/aromatic N) is 1. The van der Waals surface area contributed by atoms with E-state index < -0.39 is 17.8 Å². The van der Waals surface area contributed by atoms with Gasteiger partial charge in [0.2, 0.25) is 0 Å². The van der Waals surface area contributed by atoms with Crippen LogP contribution in [0.3, 0.4) is 0 Å². The van der Waals surface area contributed by atoms with Gasteiger partial charge >= 0.3 is 5.91 Å². The SMILES string of the molecule is Cc1ccc(C(=O)C(=O)n2ccc3c(C(C)O)cccc32)cc1. The molecule has 0 radical (unpaired) electrons. The minimum absolute atomic E-state index is 0.370. The van der Waals surface area contributed by atoms with Gasteiger partial charge in [0.15, 0.2) is 0 Å². The normalized spacial score (nSPS) is 12.3. The van der Waals surface area contributed by atoms with E-state index in [0.717, 1.165) is 16.5 Å². The Kier molecular flexibility index (Phi) is 3.84. The number of aliphatic hydroxyl groups excluding tert-OH is 1. The van der Waals surface area contributed by atoms with Crippen LogP contribution in [-0.4, -0.2) is 21.4 Å². The van der Waals surface area contributed by atoms with Crippen LogP contribution in [0, 0.1) is 6.92 Å². The Morgan fingerprint density at radius 2 is 1.74 bits per heavy atom. The first-order valence-corrected chi connectivity index (χ1v) is 7.43. The molecule has 1 N–H and O–H groups in total. The van der Waals surface area contributed by atoms with Crippen molar-refractivity contribution in [1.82, 2.24) is 4.57 Å². The van der Waals surface area contributed by atoms with Crippen LogP contribution in [0.4, 0.5) is 0 Å². The Morgan fingerprint density at radius 1 is 1.04 bits per heavy atom. The number of hydrogen-bond acceptors (Lipinski definition) is 3. The summed E-state index contributed by atoms with van der Waals surface area (Å²) in [5.74, 6) is -1.16. The molecule has 0 aliphatic heterocycles. The van der Waals surface area contributed by atoms with Gasteiger partial charge in [0.25, 0.3) is 5.78 Å². The standard InChI is InChI=1S/C19H17NO3/c1-12-6-8-14(9-7-12)18(22)19(23)20-11-10-16-15(13(2)21)4-3-5-17(16)20/h3-11,13,21H,1-2H3.